The van der Waals surface area contributed by atoms with Gasteiger partial charge in [-0.25, -0.2) is 0 Å². The summed E-state index contributed by atoms with van der Waals surface area (Å²) in [5, 5.41) is 9.90. The average Bonchev–Trinajstić information content (AvgIpc) is 2.80. The number of amides is 1. The van der Waals surface area contributed by atoms with Gasteiger partial charge in [0.25, 0.3) is 0 Å². The zero-order valence-electron chi connectivity index (χ0n) is 12.2. The molecule has 2 atom stereocenters. The minimum absolute atomic E-state index is 0.0411. The first-order valence-electron chi connectivity index (χ1n) is 6.77. The number of likely N-dealkylation sites (N-methyl/N-ethyl adjacent to an activating group) is 1. The fourth-order valence-electron chi connectivity index (χ4n) is 2.62. The first kappa shape index (κ1) is 14.8. The van der Waals surface area contributed by atoms with Crippen molar-refractivity contribution >= 4 is 5.91 Å². The van der Waals surface area contributed by atoms with Gasteiger partial charge in [0, 0.05) is 6.54 Å². The van der Waals surface area contributed by atoms with E-state index < -0.39 is 6.10 Å². The molecular formula is C15H22N2O3. The lowest BCUT2D eigenvalue weighted by atomic mass is 10.0. The van der Waals surface area contributed by atoms with Crippen LogP contribution in [0.1, 0.15) is 18.0 Å². The Hall–Kier alpha value is -1.59. The van der Waals surface area contributed by atoms with Gasteiger partial charge in [0.15, 0.2) is 0 Å². The Morgan fingerprint density at radius 3 is 2.90 bits per heavy atom. The Balaban J connectivity index is 2.21. The summed E-state index contributed by atoms with van der Waals surface area (Å²) in [6.45, 7) is 0.752. The zero-order chi connectivity index (χ0) is 14.7. The summed E-state index contributed by atoms with van der Waals surface area (Å²) in [6, 6.07) is 7.61. The number of carbonyl (C=O) groups excluding carboxylic acids is 1. The number of benzene rings is 1. The van der Waals surface area contributed by atoms with Crippen molar-refractivity contribution in [1.29, 1.82) is 0 Å². The summed E-state index contributed by atoms with van der Waals surface area (Å²) in [5.74, 6) is 0.809. The number of β-amino-alcohol motifs (C(OH)–C–C–N with tert-alkyl or cyclic N) is 1. The molecule has 1 aromatic rings. The van der Waals surface area contributed by atoms with Crippen LogP contribution in [0.5, 0.6) is 5.75 Å². The van der Waals surface area contributed by atoms with Crippen molar-refractivity contribution in [2.75, 3.05) is 34.3 Å². The van der Waals surface area contributed by atoms with Crippen LogP contribution < -0.4 is 4.74 Å². The van der Waals surface area contributed by atoms with E-state index in [9.17, 15) is 9.90 Å². The minimum atomic E-state index is -0.461. The lowest BCUT2D eigenvalue weighted by molar-refractivity contribution is -0.133. The van der Waals surface area contributed by atoms with Crippen LogP contribution in [-0.2, 0) is 4.79 Å². The van der Waals surface area contributed by atoms with E-state index in [-0.39, 0.29) is 11.9 Å². The topological polar surface area (TPSA) is 53.0 Å². The van der Waals surface area contributed by atoms with Gasteiger partial charge in [0.05, 0.1) is 25.8 Å². The second kappa shape index (κ2) is 6.24. The summed E-state index contributed by atoms with van der Waals surface area (Å²) < 4.78 is 5.23. The Labute approximate surface area is 119 Å². The molecule has 1 amide bonds. The molecule has 1 aromatic carbocycles. The van der Waals surface area contributed by atoms with Crippen molar-refractivity contribution in [2.45, 2.75) is 18.6 Å². The quantitative estimate of drug-likeness (QED) is 0.889. The van der Waals surface area contributed by atoms with E-state index >= 15 is 0 Å². The Morgan fingerprint density at radius 2 is 2.25 bits per heavy atom. The van der Waals surface area contributed by atoms with Crippen LogP contribution in [0.15, 0.2) is 24.3 Å². The maximum atomic E-state index is 12.3. The summed E-state index contributed by atoms with van der Waals surface area (Å²) >= 11 is 0. The van der Waals surface area contributed by atoms with Crippen molar-refractivity contribution in [2.24, 2.45) is 0 Å². The predicted molar refractivity (Wildman–Crippen MR) is 76.6 cm³/mol. The fraction of sp³-hybridized carbons (Fsp3) is 0.533. The maximum absolute atomic E-state index is 12.3. The van der Waals surface area contributed by atoms with Gasteiger partial charge in [-0.1, -0.05) is 12.1 Å². The average molecular weight is 278 g/mol. The number of ether oxygens (including phenoxy) is 1. The van der Waals surface area contributed by atoms with E-state index in [0.717, 1.165) is 11.3 Å². The standard InChI is InChI=1S/C15H22N2O3/c1-16(2)10-15(19)17-9-12(18)8-14(17)11-5-4-6-13(7-11)20-3/h4-7,12,14,18H,8-10H2,1-3H3/t12-,14-/m0/s1. The molecular weight excluding hydrogens is 256 g/mol. The lowest BCUT2D eigenvalue weighted by Gasteiger charge is -2.26. The third-order valence-corrected chi connectivity index (χ3v) is 3.53. The maximum Gasteiger partial charge on any atom is 0.237 e. The molecule has 0 bridgehead atoms. The first-order valence-corrected chi connectivity index (χ1v) is 6.77. The second-order valence-electron chi connectivity index (χ2n) is 5.47. The summed E-state index contributed by atoms with van der Waals surface area (Å²) in [5.41, 5.74) is 1.01. The number of nitrogens with zero attached hydrogens (tertiary/aromatic N) is 2. The van der Waals surface area contributed by atoms with E-state index in [1.54, 1.807) is 12.0 Å². The number of hydrogen-bond donors (Lipinski definition) is 1. The van der Waals surface area contributed by atoms with Crippen LogP contribution in [0.3, 0.4) is 0 Å². The van der Waals surface area contributed by atoms with Gasteiger partial charge in [-0.2, -0.15) is 0 Å². The normalized spacial score (nSPS) is 22.4. The minimum Gasteiger partial charge on any atom is -0.497 e. The highest BCUT2D eigenvalue weighted by Crippen LogP contribution is 2.33. The van der Waals surface area contributed by atoms with E-state index in [2.05, 4.69) is 0 Å². The summed E-state index contributed by atoms with van der Waals surface area (Å²) in [7, 11) is 5.35. The zero-order valence-corrected chi connectivity index (χ0v) is 12.2. The molecule has 5 heteroatoms. The van der Waals surface area contributed by atoms with Gasteiger partial charge in [0.1, 0.15) is 5.75 Å². The Morgan fingerprint density at radius 1 is 1.50 bits per heavy atom. The molecule has 1 N–H and O–H groups in total. The van der Waals surface area contributed by atoms with Gasteiger partial charge in [-0.3, -0.25) is 4.79 Å². The van der Waals surface area contributed by atoms with Crippen molar-refractivity contribution in [1.82, 2.24) is 9.80 Å². The second-order valence-corrected chi connectivity index (χ2v) is 5.47. The molecule has 1 saturated heterocycles. The van der Waals surface area contributed by atoms with E-state index in [1.165, 1.54) is 0 Å². The van der Waals surface area contributed by atoms with Crippen molar-refractivity contribution in [3.63, 3.8) is 0 Å². The molecule has 0 aliphatic carbocycles. The van der Waals surface area contributed by atoms with Gasteiger partial charge >= 0.3 is 0 Å². The molecule has 110 valence electrons. The van der Waals surface area contributed by atoms with Crippen LogP contribution >= 0.6 is 0 Å². The van der Waals surface area contributed by atoms with E-state index in [4.69, 9.17) is 4.74 Å². The number of aliphatic hydroxyl groups is 1. The molecule has 5 nitrogen and oxygen atoms in total. The smallest absolute Gasteiger partial charge is 0.237 e. The first-order chi connectivity index (χ1) is 9.51. The van der Waals surface area contributed by atoms with Crippen LogP contribution in [0.25, 0.3) is 0 Å². The highest BCUT2D eigenvalue weighted by molar-refractivity contribution is 5.79. The molecule has 1 fully saturated rings. The number of aliphatic hydroxyl groups excluding tert-OH is 1. The van der Waals surface area contributed by atoms with Gasteiger partial charge in [0.2, 0.25) is 5.91 Å². The molecule has 1 heterocycles. The van der Waals surface area contributed by atoms with Crippen LogP contribution in [0.2, 0.25) is 0 Å². The molecule has 20 heavy (non-hydrogen) atoms. The molecule has 0 saturated carbocycles. The molecule has 0 radical (unpaired) electrons. The van der Waals surface area contributed by atoms with Gasteiger partial charge in [-0.05, 0) is 38.2 Å². The number of likely N-dealkylation sites (tertiary alicyclic amines) is 1. The number of hydrogen-bond acceptors (Lipinski definition) is 4. The molecule has 1 aliphatic heterocycles. The number of rotatable bonds is 4. The largest absolute Gasteiger partial charge is 0.497 e. The van der Waals surface area contributed by atoms with Crippen LogP contribution in [-0.4, -0.2) is 61.2 Å². The van der Waals surface area contributed by atoms with Gasteiger partial charge < -0.3 is 19.6 Å². The summed E-state index contributed by atoms with van der Waals surface area (Å²) in [4.78, 5) is 15.9. The number of methoxy groups -OCH3 is 1. The lowest BCUT2D eigenvalue weighted by Crippen LogP contribution is -2.38. The molecule has 1 aliphatic rings. The van der Waals surface area contributed by atoms with Crippen LogP contribution in [0, 0.1) is 0 Å². The third kappa shape index (κ3) is 3.29. The van der Waals surface area contributed by atoms with Gasteiger partial charge in [-0.15, -0.1) is 0 Å². The van der Waals surface area contributed by atoms with Crippen LogP contribution in [0.4, 0.5) is 0 Å². The van der Waals surface area contributed by atoms with E-state index in [1.807, 2.05) is 43.3 Å². The third-order valence-electron chi connectivity index (χ3n) is 3.53. The molecule has 0 spiro atoms. The van der Waals surface area contributed by atoms with E-state index in [0.29, 0.717) is 19.5 Å². The highest BCUT2D eigenvalue weighted by Gasteiger charge is 2.35. The van der Waals surface area contributed by atoms with Crippen molar-refractivity contribution in [3.8, 4) is 5.75 Å². The number of carbonyl (C=O) groups is 1. The Bertz CT molecular complexity index is 476. The molecule has 0 aromatic heterocycles. The highest BCUT2D eigenvalue weighted by atomic mass is 16.5. The summed E-state index contributed by atoms with van der Waals surface area (Å²) in [6.07, 6.45) is 0.115. The predicted octanol–water partition coefficient (Wildman–Crippen LogP) is 0.891. The monoisotopic (exact) mass is 278 g/mol. The SMILES string of the molecule is COc1cccc([C@@H]2C[C@H](O)CN2C(=O)CN(C)C)c1. The Kier molecular flexibility index (Phi) is 4.62. The molecule has 2 rings (SSSR count). The van der Waals surface area contributed by atoms with Crippen molar-refractivity contribution in [3.05, 3.63) is 29.8 Å². The fourth-order valence-corrected chi connectivity index (χ4v) is 2.62. The van der Waals surface area contributed by atoms with Crippen molar-refractivity contribution < 1.29 is 14.6 Å². The molecule has 0 unspecified atom stereocenters.